The highest BCUT2D eigenvalue weighted by Crippen LogP contribution is 2.27. The van der Waals surface area contributed by atoms with Gasteiger partial charge in [0.05, 0.1) is 30.7 Å². The van der Waals surface area contributed by atoms with Crippen LogP contribution in [0.3, 0.4) is 0 Å². The van der Waals surface area contributed by atoms with Crippen LogP contribution in [0.5, 0.6) is 11.5 Å². The van der Waals surface area contributed by atoms with E-state index in [0.717, 1.165) is 0 Å². The van der Waals surface area contributed by atoms with Crippen LogP contribution in [0, 0.1) is 0 Å². The lowest BCUT2D eigenvalue weighted by Gasteiger charge is -2.08. The first-order valence-electron chi connectivity index (χ1n) is 7.67. The first kappa shape index (κ1) is 19.9. The van der Waals surface area contributed by atoms with Gasteiger partial charge < -0.3 is 20.1 Å². The molecule has 8 heteroatoms. The van der Waals surface area contributed by atoms with Crippen molar-refractivity contribution in [2.75, 3.05) is 36.4 Å². The number of rotatable bonds is 8. The fraction of sp³-hybridized carbons (Fsp3) is 0.222. The molecule has 0 aliphatic heterocycles. The molecule has 0 atom stereocenters. The highest BCUT2D eigenvalue weighted by Gasteiger charge is 2.08. The Bertz CT molecular complexity index is 768. The van der Waals surface area contributed by atoms with Gasteiger partial charge in [-0.1, -0.05) is 11.6 Å². The van der Waals surface area contributed by atoms with E-state index >= 15 is 0 Å². The summed E-state index contributed by atoms with van der Waals surface area (Å²) in [5.74, 6) is 1.18. The Morgan fingerprint density at radius 3 is 2.04 bits per heavy atom. The van der Waals surface area contributed by atoms with Gasteiger partial charge in [-0.05, 0) is 42.5 Å². The maximum atomic E-state index is 11.9. The molecule has 0 saturated carbocycles. The van der Waals surface area contributed by atoms with Crippen molar-refractivity contribution in [2.24, 2.45) is 0 Å². The molecule has 0 bridgehead atoms. The number of methoxy groups -OCH3 is 2. The van der Waals surface area contributed by atoms with Gasteiger partial charge in [0.25, 0.3) is 0 Å². The minimum Gasteiger partial charge on any atom is -0.497 e. The third kappa shape index (κ3) is 6.16. The molecule has 2 amide bonds. The monoisotopic (exact) mass is 394 g/mol. The molecule has 26 heavy (non-hydrogen) atoms. The van der Waals surface area contributed by atoms with Crippen molar-refractivity contribution < 1.29 is 19.1 Å². The summed E-state index contributed by atoms with van der Waals surface area (Å²) in [6.45, 7) is 0. The Balaban J connectivity index is 1.73. The minimum absolute atomic E-state index is 0.152. The van der Waals surface area contributed by atoms with E-state index < -0.39 is 0 Å². The number of amides is 2. The summed E-state index contributed by atoms with van der Waals surface area (Å²) < 4.78 is 10.1. The number of hydrogen-bond acceptors (Lipinski definition) is 5. The van der Waals surface area contributed by atoms with Gasteiger partial charge in [-0.15, -0.1) is 11.8 Å². The number of thioether (sulfide) groups is 1. The number of nitrogens with one attached hydrogen (secondary N) is 2. The largest absolute Gasteiger partial charge is 0.497 e. The van der Waals surface area contributed by atoms with Gasteiger partial charge in [-0.2, -0.15) is 0 Å². The van der Waals surface area contributed by atoms with Crippen molar-refractivity contribution in [3.63, 3.8) is 0 Å². The molecule has 6 nitrogen and oxygen atoms in total. The van der Waals surface area contributed by atoms with Gasteiger partial charge in [0.1, 0.15) is 11.5 Å². The highest BCUT2D eigenvalue weighted by molar-refractivity contribution is 8.00. The fourth-order valence-corrected chi connectivity index (χ4v) is 2.92. The van der Waals surface area contributed by atoms with Gasteiger partial charge in [0.15, 0.2) is 0 Å². The molecule has 0 spiro atoms. The molecule has 0 unspecified atom stereocenters. The van der Waals surface area contributed by atoms with E-state index in [-0.39, 0.29) is 23.3 Å². The zero-order chi connectivity index (χ0) is 18.9. The zero-order valence-corrected chi connectivity index (χ0v) is 15.9. The maximum absolute atomic E-state index is 11.9. The molecule has 2 aromatic carbocycles. The van der Waals surface area contributed by atoms with Gasteiger partial charge in [-0.25, -0.2) is 0 Å². The summed E-state index contributed by atoms with van der Waals surface area (Å²) in [6.07, 6.45) is 0. The average molecular weight is 395 g/mol. The van der Waals surface area contributed by atoms with Gasteiger partial charge in [0, 0.05) is 11.4 Å². The van der Waals surface area contributed by atoms with Gasteiger partial charge >= 0.3 is 0 Å². The van der Waals surface area contributed by atoms with Crippen LogP contribution in [-0.4, -0.2) is 37.5 Å². The van der Waals surface area contributed by atoms with Crippen LogP contribution in [0.15, 0.2) is 42.5 Å². The van der Waals surface area contributed by atoms with Crippen molar-refractivity contribution >= 4 is 46.6 Å². The number of halogens is 1. The number of anilines is 2. The lowest BCUT2D eigenvalue weighted by molar-refractivity contribution is -0.114. The fourth-order valence-electron chi connectivity index (χ4n) is 2.05. The second kappa shape index (κ2) is 9.94. The summed E-state index contributed by atoms with van der Waals surface area (Å²) in [4.78, 5) is 23.8. The number of hydrogen-bond donors (Lipinski definition) is 2. The van der Waals surface area contributed by atoms with E-state index in [9.17, 15) is 9.59 Å². The lowest BCUT2D eigenvalue weighted by Crippen LogP contribution is -2.18. The summed E-state index contributed by atoms with van der Waals surface area (Å²) in [5.41, 5.74) is 1.25. The number of carbonyl (C=O) groups excluding carboxylic acids is 2. The predicted molar refractivity (Wildman–Crippen MR) is 106 cm³/mol. The molecule has 138 valence electrons. The van der Waals surface area contributed by atoms with Crippen LogP contribution >= 0.6 is 23.4 Å². The minimum atomic E-state index is -0.214. The molecule has 0 aromatic heterocycles. The third-order valence-corrected chi connectivity index (χ3v) is 4.50. The molecular weight excluding hydrogens is 376 g/mol. The van der Waals surface area contributed by atoms with Crippen LogP contribution in [0.25, 0.3) is 0 Å². The van der Waals surface area contributed by atoms with Crippen LogP contribution < -0.4 is 20.1 Å². The molecule has 0 radical (unpaired) electrons. The molecule has 0 fully saturated rings. The number of carbonyl (C=O) groups is 2. The van der Waals surface area contributed by atoms with Crippen molar-refractivity contribution in [3.8, 4) is 11.5 Å². The van der Waals surface area contributed by atoms with Crippen LogP contribution in [0.4, 0.5) is 11.4 Å². The van der Waals surface area contributed by atoms with Crippen molar-refractivity contribution in [2.45, 2.75) is 0 Å². The van der Waals surface area contributed by atoms with Crippen molar-refractivity contribution in [1.82, 2.24) is 0 Å². The second-order valence-corrected chi connectivity index (χ2v) is 6.56. The maximum Gasteiger partial charge on any atom is 0.234 e. The van der Waals surface area contributed by atoms with Crippen LogP contribution in [-0.2, 0) is 9.59 Å². The Labute approximate surface area is 161 Å². The summed E-state index contributed by atoms with van der Waals surface area (Å²) in [6, 6.07) is 12.0. The molecule has 0 saturated heterocycles. The highest BCUT2D eigenvalue weighted by atomic mass is 35.5. The molecule has 2 N–H and O–H groups in total. The Morgan fingerprint density at radius 1 is 0.923 bits per heavy atom. The van der Waals surface area contributed by atoms with Crippen molar-refractivity contribution in [1.29, 1.82) is 0 Å². The number of ether oxygens (including phenoxy) is 2. The van der Waals surface area contributed by atoms with E-state index in [2.05, 4.69) is 10.6 Å². The Morgan fingerprint density at radius 2 is 1.50 bits per heavy atom. The predicted octanol–water partition coefficient (Wildman–Crippen LogP) is 3.67. The van der Waals surface area contributed by atoms with Crippen LogP contribution in [0.1, 0.15) is 0 Å². The van der Waals surface area contributed by atoms with Crippen molar-refractivity contribution in [3.05, 3.63) is 47.5 Å². The van der Waals surface area contributed by atoms with E-state index in [1.54, 1.807) is 49.6 Å². The Kier molecular flexibility index (Phi) is 7.62. The molecule has 0 aliphatic carbocycles. The SMILES string of the molecule is COc1ccc(NC(=O)CSCC(=O)Nc2ccc(OC)c(Cl)c2)cc1. The second-order valence-electron chi connectivity index (χ2n) is 5.17. The first-order valence-corrected chi connectivity index (χ1v) is 9.20. The summed E-state index contributed by atoms with van der Waals surface area (Å²) in [5, 5.41) is 5.90. The van der Waals surface area contributed by atoms with E-state index in [4.69, 9.17) is 21.1 Å². The van der Waals surface area contributed by atoms with Crippen LogP contribution in [0.2, 0.25) is 5.02 Å². The number of benzene rings is 2. The van der Waals surface area contributed by atoms with E-state index in [1.165, 1.54) is 18.9 Å². The average Bonchev–Trinajstić information content (AvgIpc) is 2.62. The smallest absolute Gasteiger partial charge is 0.234 e. The quantitative estimate of drug-likeness (QED) is 0.714. The van der Waals surface area contributed by atoms with E-state index in [0.29, 0.717) is 27.9 Å². The van der Waals surface area contributed by atoms with Gasteiger partial charge in [0.2, 0.25) is 11.8 Å². The molecule has 0 aliphatic rings. The normalized spacial score (nSPS) is 10.1. The van der Waals surface area contributed by atoms with Gasteiger partial charge in [-0.3, -0.25) is 9.59 Å². The molecule has 2 rings (SSSR count). The zero-order valence-electron chi connectivity index (χ0n) is 14.4. The third-order valence-electron chi connectivity index (χ3n) is 3.28. The standard InChI is InChI=1S/C18H19ClN2O4S/c1-24-14-6-3-12(4-7-14)20-17(22)10-26-11-18(23)21-13-5-8-16(25-2)15(19)9-13/h3-9H,10-11H2,1-2H3,(H,20,22)(H,21,23). The molecule has 0 heterocycles. The molecule has 2 aromatic rings. The first-order chi connectivity index (χ1) is 12.5. The Hall–Kier alpha value is -2.38. The summed E-state index contributed by atoms with van der Waals surface area (Å²) >= 11 is 7.23. The topological polar surface area (TPSA) is 76.7 Å². The summed E-state index contributed by atoms with van der Waals surface area (Å²) in [7, 11) is 3.10. The lowest BCUT2D eigenvalue weighted by atomic mass is 10.3. The molecular formula is C18H19ClN2O4S. The van der Waals surface area contributed by atoms with E-state index in [1.807, 2.05) is 0 Å².